The van der Waals surface area contributed by atoms with Crippen molar-refractivity contribution in [3.05, 3.63) is 33.4 Å². The summed E-state index contributed by atoms with van der Waals surface area (Å²) in [5, 5.41) is 18.7. The van der Waals surface area contributed by atoms with E-state index in [0.29, 0.717) is 0 Å². The zero-order chi connectivity index (χ0) is 16.0. The van der Waals surface area contributed by atoms with E-state index in [2.05, 4.69) is 5.32 Å². The molecule has 0 aliphatic heterocycles. The average molecular weight is 313 g/mol. The van der Waals surface area contributed by atoms with Gasteiger partial charge in [0.15, 0.2) is 0 Å². The molecule has 0 atom stereocenters. The Bertz CT molecular complexity index is 738. The van der Waals surface area contributed by atoms with Crippen molar-refractivity contribution in [2.45, 2.75) is 37.1 Å². The number of nitrogens with two attached hydrogens (primary N) is 1. The zero-order valence-electron chi connectivity index (χ0n) is 11.5. The molecule has 0 heterocycles. The van der Waals surface area contributed by atoms with E-state index < -0.39 is 31.4 Å². The van der Waals surface area contributed by atoms with Crippen LogP contribution >= 0.6 is 0 Å². The Hall–Kier alpha value is -2.00. The molecule has 9 heteroatoms. The van der Waals surface area contributed by atoms with Crippen molar-refractivity contribution in [3.8, 4) is 0 Å². The van der Waals surface area contributed by atoms with Crippen LogP contribution in [0.5, 0.6) is 0 Å². The summed E-state index contributed by atoms with van der Waals surface area (Å²) >= 11 is 0. The van der Waals surface area contributed by atoms with E-state index in [1.165, 1.54) is 6.92 Å². The first-order valence-corrected chi connectivity index (χ1v) is 7.72. The molecule has 0 radical (unpaired) electrons. The van der Waals surface area contributed by atoms with Crippen LogP contribution in [-0.2, 0) is 10.0 Å². The van der Waals surface area contributed by atoms with Crippen molar-refractivity contribution in [1.29, 1.82) is 0 Å². The molecule has 1 aromatic rings. The zero-order valence-corrected chi connectivity index (χ0v) is 12.4. The van der Waals surface area contributed by atoms with Crippen LogP contribution in [-0.4, -0.2) is 24.8 Å². The van der Waals surface area contributed by atoms with Crippen LogP contribution in [0.1, 0.15) is 35.7 Å². The van der Waals surface area contributed by atoms with Gasteiger partial charge in [0.2, 0.25) is 10.0 Å². The van der Waals surface area contributed by atoms with Gasteiger partial charge in [-0.25, -0.2) is 13.6 Å². The number of carbonyl (C=O) groups is 1. The third kappa shape index (κ3) is 3.19. The molecule has 2 rings (SSSR count). The number of nitrogens with one attached hydrogen (secondary N) is 1. The highest BCUT2D eigenvalue weighted by molar-refractivity contribution is 7.89. The molecule has 3 N–H and O–H groups in total. The van der Waals surface area contributed by atoms with Crippen molar-refractivity contribution in [1.82, 2.24) is 5.32 Å². The summed E-state index contributed by atoms with van der Waals surface area (Å²) in [5.41, 5.74) is -0.766. The Morgan fingerprint density at radius 1 is 1.43 bits per heavy atom. The minimum atomic E-state index is -4.16. The molecule has 21 heavy (non-hydrogen) atoms. The second-order valence-corrected chi connectivity index (χ2v) is 6.96. The highest BCUT2D eigenvalue weighted by Crippen LogP contribution is 2.35. The van der Waals surface area contributed by atoms with Crippen molar-refractivity contribution >= 4 is 21.6 Å². The molecular formula is C12H15N3O5S. The monoisotopic (exact) mass is 313 g/mol. The SMILES string of the molecule is Cc1c(C(=O)NC2(C)CC2)cc([N+](=O)[O-])cc1S(N)(=O)=O. The van der Waals surface area contributed by atoms with Gasteiger partial charge in [-0.15, -0.1) is 0 Å². The molecule has 0 saturated heterocycles. The summed E-state index contributed by atoms with van der Waals surface area (Å²) in [5.74, 6) is -0.541. The molecule has 1 aromatic carbocycles. The molecule has 8 nitrogen and oxygen atoms in total. The maximum absolute atomic E-state index is 12.2. The molecule has 0 aromatic heterocycles. The smallest absolute Gasteiger partial charge is 0.271 e. The fraction of sp³-hybridized carbons (Fsp3) is 0.417. The number of primary sulfonamides is 1. The van der Waals surface area contributed by atoms with Crippen LogP contribution in [0.2, 0.25) is 0 Å². The van der Waals surface area contributed by atoms with Gasteiger partial charge >= 0.3 is 0 Å². The lowest BCUT2D eigenvalue weighted by Crippen LogP contribution is -2.35. The molecule has 0 bridgehead atoms. The summed E-state index contributed by atoms with van der Waals surface area (Å²) < 4.78 is 23.0. The normalized spacial score (nSPS) is 16.3. The molecule has 0 unspecified atom stereocenters. The van der Waals surface area contributed by atoms with Gasteiger partial charge in [-0.05, 0) is 32.3 Å². The molecule has 1 aliphatic carbocycles. The first-order chi connectivity index (χ1) is 9.53. The van der Waals surface area contributed by atoms with E-state index in [1.54, 1.807) is 0 Å². The number of non-ortho nitro benzene ring substituents is 1. The van der Waals surface area contributed by atoms with Gasteiger partial charge in [0.1, 0.15) is 0 Å². The average Bonchev–Trinajstić information content (AvgIpc) is 3.04. The number of nitro groups is 1. The van der Waals surface area contributed by atoms with E-state index in [9.17, 15) is 23.3 Å². The van der Waals surface area contributed by atoms with E-state index in [1.807, 2.05) is 6.92 Å². The van der Waals surface area contributed by atoms with Gasteiger partial charge in [0.05, 0.1) is 15.4 Å². The lowest BCUT2D eigenvalue weighted by molar-refractivity contribution is -0.385. The predicted octanol–water partition coefficient (Wildman–Crippen LogP) is 0.833. The number of nitrogens with zero attached hydrogens (tertiary/aromatic N) is 1. The van der Waals surface area contributed by atoms with Crippen LogP contribution in [0.4, 0.5) is 5.69 Å². The van der Waals surface area contributed by atoms with Crippen molar-refractivity contribution in [2.24, 2.45) is 5.14 Å². The summed E-state index contributed by atoms with van der Waals surface area (Å²) in [6.45, 7) is 3.24. The van der Waals surface area contributed by atoms with E-state index in [0.717, 1.165) is 25.0 Å². The van der Waals surface area contributed by atoms with Gasteiger partial charge in [-0.2, -0.15) is 0 Å². The number of hydrogen-bond acceptors (Lipinski definition) is 5. The van der Waals surface area contributed by atoms with Gasteiger partial charge < -0.3 is 5.32 Å². The molecule has 1 fully saturated rings. The number of carbonyl (C=O) groups excluding carboxylic acids is 1. The number of amides is 1. The van der Waals surface area contributed by atoms with Gasteiger partial charge in [-0.1, -0.05) is 0 Å². The quantitative estimate of drug-likeness (QED) is 0.627. The van der Waals surface area contributed by atoms with Gasteiger partial charge in [-0.3, -0.25) is 14.9 Å². The molecule has 1 amide bonds. The molecule has 1 aliphatic rings. The summed E-state index contributed by atoms with van der Waals surface area (Å²) in [7, 11) is -4.16. The maximum Gasteiger partial charge on any atom is 0.271 e. The second kappa shape index (κ2) is 4.78. The summed E-state index contributed by atoms with van der Waals surface area (Å²) in [6, 6.07) is 1.92. The Morgan fingerprint density at radius 2 is 2.00 bits per heavy atom. The summed E-state index contributed by atoms with van der Waals surface area (Å²) in [4.78, 5) is 21.9. The number of benzene rings is 1. The largest absolute Gasteiger partial charge is 0.347 e. The summed E-state index contributed by atoms with van der Waals surface area (Å²) in [6.07, 6.45) is 1.63. The highest BCUT2D eigenvalue weighted by atomic mass is 32.2. The predicted molar refractivity (Wildman–Crippen MR) is 74.3 cm³/mol. The fourth-order valence-corrected chi connectivity index (χ4v) is 2.79. The Morgan fingerprint density at radius 3 is 2.43 bits per heavy atom. The third-order valence-corrected chi connectivity index (χ3v) is 4.56. The molecular weight excluding hydrogens is 298 g/mol. The van der Waals surface area contributed by atoms with Gasteiger partial charge in [0.25, 0.3) is 11.6 Å². The number of sulfonamides is 1. The van der Waals surface area contributed by atoms with Crippen LogP contribution < -0.4 is 10.5 Å². The molecule has 114 valence electrons. The van der Waals surface area contributed by atoms with Crippen LogP contribution in [0, 0.1) is 17.0 Å². The standard InChI is InChI=1S/C12H15N3O5S/c1-7-9(11(16)14-12(2)3-4-12)5-8(15(17)18)6-10(7)21(13,19)20/h5-6H,3-4H2,1-2H3,(H,14,16)(H2,13,19,20). The van der Waals surface area contributed by atoms with Crippen LogP contribution in [0.15, 0.2) is 17.0 Å². The number of rotatable bonds is 4. The first kappa shape index (κ1) is 15.4. The van der Waals surface area contributed by atoms with E-state index >= 15 is 0 Å². The topological polar surface area (TPSA) is 132 Å². The van der Waals surface area contributed by atoms with Crippen LogP contribution in [0.25, 0.3) is 0 Å². The Kier molecular flexibility index (Phi) is 3.50. The lowest BCUT2D eigenvalue weighted by atomic mass is 10.1. The van der Waals surface area contributed by atoms with E-state index in [-0.39, 0.29) is 16.7 Å². The van der Waals surface area contributed by atoms with Crippen molar-refractivity contribution < 1.29 is 18.1 Å². The van der Waals surface area contributed by atoms with Crippen molar-refractivity contribution in [2.75, 3.05) is 0 Å². The lowest BCUT2D eigenvalue weighted by Gasteiger charge is -2.14. The maximum atomic E-state index is 12.2. The Balaban J connectivity index is 2.56. The Labute approximate surface area is 121 Å². The minimum absolute atomic E-state index is 0.0543. The molecule has 0 spiro atoms. The van der Waals surface area contributed by atoms with Crippen molar-refractivity contribution in [3.63, 3.8) is 0 Å². The molecule has 1 saturated carbocycles. The number of nitro benzene ring substituents is 1. The second-order valence-electron chi connectivity index (χ2n) is 5.43. The van der Waals surface area contributed by atoms with E-state index in [4.69, 9.17) is 5.14 Å². The first-order valence-electron chi connectivity index (χ1n) is 6.18. The van der Waals surface area contributed by atoms with Gasteiger partial charge in [0, 0.05) is 17.7 Å². The van der Waals surface area contributed by atoms with Crippen LogP contribution in [0.3, 0.4) is 0 Å². The highest BCUT2D eigenvalue weighted by Gasteiger charge is 2.39. The third-order valence-electron chi connectivity index (χ3n) is 3.52. The number of hydrogen-bond donors (Lipinski definition) is 2. The fourth-order valence-electron chi connectivity index (χ4n) is 1.96. The minimum Gasteiger partial charge on any atom is -0.347 e.